The smallest absolute Gasteiger partial charge is 0.309 e. The maximum Gasteiger partial charge on any atom is 0.309 e. The number of fused-ring (bicyclic) bond motifs is 1. The van der Waals surface area contributed by atoms with Crippen molar-refractivity contribution in [3.05, 3.63) is 24.7 Å². The third-order valence-corrected chi connectivity index (χ3v) is 3.83. The van der Waals surface area contributed by atoms with Crippen LogP contribution in [-0.4, -0.2) is 39.3 Å². The zero-order valence-corrected chi connectivity index (χ0v) is 13.3. The van der Waals surface area contributed by atoms with Gasteiger partial charge in [0.25, 0.3) is 0 Å². The van der Waals surface area contributed by atoms with Gasteiger partial charge < -0.3 is 9.64 Å². The molecule has 1 aliphatic rings. The highest BCUT2D eigenvalue weighted by Crippen LogP contribution is 2.25. The van der Waals surface area contributed by atoms with Crippen LogP contribution in [0.3, 0.4) is 0 Å². The number of hydrogen-bond donors (Lipinski definition) is 0. The summed E-state index contributed by atoms with van der Waals surface area (Å²) in [4.78, 5) is 18.8. The van der Waals surface area contributed by atoms with E-state index in [0.717, 1.165) is 37.3 Å². The summed E-state index contributed by atoms with van der Waals surface area (Å²) in [5.41, 5.74) is 1.47. The number of piperidine rings is 1. The molecule has 0 amide bonds. The van der Waals surface area contributed by atoms with E-state index < -0.39 is 5.60 Å². The lowest BCUT2D eigenvalue weighted by Crippen LogP contribution is -2.39. The van der Waals surface area contributed by atoms with Crippen molar-refractivity contribution in [3.8, 4) is 0 Å². The highest BCUT2D eigenvalue weighted by atomic mass is 16.6. The Labute approximate surface area is 130 Å². The molecule has 0 atom stereocenters. The van der Waals surface area contributed by atoms with Crippen molar-refractivity contribution in [3.63, 3.8) is 0 Å². The van der Waals surface area contributed by atoms with Gasteiger partial charge in [0.15, 0.2) is 5.65 Å². The third kappa shape index (κ3) is 3.21. The van der Waals surface area contributed by atoms with Gasteiger partial charge in [-0.2, -0.15) is 5.10 Å². The summed E-state index contributed by atoms with van der Waals surface area (Å²) in [6.07, 6.45) is 7.21. The second-order valence-electron chi connectivity index (χ2n) is 6.74. The number of nitrogens with zero attached hydrogens (tertiary/aromatic N) is 4. The Bertz CT molecular complexity index is 666. The summed E-state index contributed by atoms with van der Waals surface area (Å²) in [5.74, 6) is -0.0790. The average molecular weight is 302 g/mol. The van der Waals surface area contributed by atoms with E-state index in [4.69, 9.17) is 4.74 Å². The summed E-state index contributed by atoms with van der Waals surface area (Å²) >= 11 is 0. The van der Waals surface area contributed by atoms with Crippen LogP contribution in [0.25, 0.3) is 5.65 Å². The second kappa shape index (κ2) is 5.59. The van der Waals surface area contributed by atoms with E-state index in [1.54, 1.807) is 10.7 Å². The molecule has 0 bridgehead atoms. The molecule has 0 unspecified atom stereocenters. The topological polar surface area (TPSA) is 59.7 Å². The number of carbonyl (C=O) groups excluding carboxylic acids is 1. The Balaban J connectivity index is 1.62. The summed E-state index contributed by atoms with van der Waals surface area (Å²) in [6.45, 7) is 7.39. The molecule has 2 aromatic heterocycles. The lowest BCUT2D eigenvalue weighted by molar-refractivity contribution is -0.160. The van der Waals surface area contributed by atoms with Crippen molar-refractivity contribution in [2.24, 2.45) is 5.92 Å². The van der Waals surface area contributed by atoms with E-state index in [-0.39, 0.29) is 11.9 Å². The quantitative estimate of drug-likeness (QED) is 0.797. The van der Waals surface area contributed by atoms with Crippen LogP contribution in [0.15, 0.2) is 24.7 Å². The van der Waals surface area contributed by atoms with Crippen LogP contribution in [0, 0.1) is 5.92 Å². The minimum Gasteiger partial charge on any atom is -0.460 e. The van der Waals surface area contributed by atoms with Gasteiger partial charge >= 0.3 is 5.97 Å². The van der Waals surface area contributed by atoms with Gasteiger partial charge in [-0.05, 0) is 33.6 Å². The van der Waals surface area contributed by atoms with Gasteiger partial charge in [-0.15, -0.1) is 0 Å². The number of carbonyl (C=O) groups is 1. The van der Waals surface area contributed by atoms with Crippen LogP contribution in [0.4, 0.5) is 5.69 Å². The monoisotopic (exact) mass is 302 g/mol. The molecular weight excluding hydrogens is 280 g/mol. The molecule has 0 aromatic carbocycles. The number of hydrogen-bond acceptors (Lipinski definition) is 5. The Morgan fingerprint density at radius 2 is 2.05 bits per heavy atom. The largest absolute Gasteiger partial charge is 0.460 e. The van der Waals surface area contributed by atoms with Crippen molar-refractivity contribution in [1.29, 1.82) is 0 Å². The van der Waals surface area contributed by atoms with E-state index in [1.165, 1.54) is 0 Å². The van der Waals surface area contributed by atoms with Crippen molar-refractivity contribution < 1.29 is 9.53 Å². The highest BCUT2D eigenvalue weighted by molar-refractivity contribution is 5.73. The van der Waals surface area contributed by atoms with E-state index in [9.17, 15) is 4.79 Å². The van der Waals surface area contributed by atoms with Gasteiger partial charge in [0.1, 0.15) is 5.60 Å². The standard InChI is InChI=1S/C16H22N4O2/c1-16(2,3)22-15(21)12-5-8-19(9-6-12)13-10-17-14-4-7-18-20(14)11-13/h4,7,10-12H,5-6,8-9H2,1-3H3. The predicted molar refractivity (Wildman–Crippen MR) is 83.8 cm³/mol. The summed E-state index contributed by atoms with van der Waals surface area (Å²) < 4.78 is 7.25. The molecule has 1 saturated heterocycles. The number of ether oxygens (including phenoxy) is 1. The SMILES string of the molecule is CC(C)(C)OC(=O)C1CCN(c2cnc3ccnn3c2)CC1. The van der Waals surface area contributed by atoms with Crippen molar-refractivity contribution >= 4 is 17.3 Å². The Kier molecular flexibility index (Phi) is 3.76. The Morgan fingerprint density at radius 3 is 2.73 bits per heavy atom. The van der Waals surface area contributed by atoms with Crippen LogP contribution in [-0.2, 0) is 9.53 Å². The maximum atomic E-state index is 12.1. The number of aromatic nitrogens is 3. The Morgan fingerprint density at radius 1 is 1.32 bits per heavy atom. The third-order valence-electron chi connectivity index (χ3n) is 3.83. The molecular formula is C16H22N4O2. The first-order chi connectivity index (χ1) is 10.4. The van der Waals surface area contributed by atoms with Gasteiger partial charge in [0, 0.05) is 19.2 Å². The second-order valence-corrected chi connectivity index (χ2v) is 6.74. The minimum atomic E-state index is -0.413. The van der Waals surface area contributed by atoms with E-state index >= 15 is 0 Å². The maximum absolute atomic E-state index is 12.1. The predicted octanol–water partition coefficient (Wildman–Crippen LogP) is 2.29. The van der Waals surface area contributed by atoms with Crippen LogP contribution in [0.5, 0.6) is 0 Å². The molecule has 2 aromatic rings. The fourth-order valence-electron chi connectivity index (χ4n) is 2.72. The van der Waals surface area contributed by atoms with Crippen molar-refractivity contribution in [2.45, 2.75) is 39.2 Å². The molecule has 118 valence electrons. The van der Waals surface area contributed by atoms with Crippen LogP contribution < -0.4 is 4.90 Å². The average Bonchev–Trinajstić information content (AvgIpc) is 2.93. The summed E-state index contributed by atoms with van der Waals surface area (Å²) in [5, 5.41) is 4.21. The van der Waals surface area contributed by atoms with E-state index in [0.29, 0.717) is 0 Å². The number of anilines is 1. The summed E-state index contributed by atoms with van der Waals surface area (Å²) in [6, 6.07) is 1.87. The van der Waals surface area contributed by atoms with E-state index in [1.807, 2.05) is 39.2 Å². The first-order valence-electron chi connectivity index (χ1n) is 7.69. The molecule has 6 nitrogen and oxygen atoms in total. The Hall–Kier alpha value is -2.11. The molecule has 3 heterocycles. The molecule has 22 heavy (non-hydrogen) atoms. The molecule has 0 saturated carbocycles. The van der Waals surface area contributed by atoms with Gasteiger partial charge in [-0.1, -0.05) is 0 Å². The lowest BCUT2D eigenvalue weighted by Gasteiger charge is -2.33. The first-order valence-corrected chi connectivity index (χ1v) is 7.69. The summed E-state index contributed by atoms with van der Waals surface area (Å²) in [7, 11) is 0. The van der Waals surface area contributed by atoms with Crippen LogP contribution in [0.1, 0.15) is 33.6 Å². The molecule has 1 aliphatic heterocycles. The molecule has 6 heteroatoms. The van der Waals surface area contributed by atoms with Crippen molar-refractivity contribution in [1.82, 2.24) is 14.6 Å². The van der Waals surface area contributed by atoms with Gasteiger partial charge in [-0.3, -0.25) is 4.79 Å². The van der Waals surface area contributed by atoms with Gasteiger partial charge in [-0.25, -0.2) is 9.50 Å². The molecule has 3 rings (SSSR count). The minimum absolute atomic E-state index is 0.00290. The highest BCUT2D eigenvalue weighted by Gasteiger charge is 2.29. The number of esters is 1. The number of rotatable bonds is 2. The van der Waals surface area contributed by atoms with Crippen LogP contribution >= 0.6 is 0 Å². The molecule has 1 fully saturated rings. The zero-order chi connectivity index (χ0) is 15.7. The van der Waals surface area contributed by atoms with Crippen LogP contribution in [0.2, 0.25) is 0 Å². The zero-order valence-electron chi connectivity index (χ0n) is 13.3. The van der Waals surface area contributed by atoms with Gasteiger partial charge in [0.05, 0.1) is 30.2 Å². The van der Waals surface area contributed by atoms with Gasteiger partial charge in [0.2, 0.25) is 0 Å². The van der Waals surface area contributed by atoms with E-state index in [2.05, 4.69) is 15.0 Å². The molecule has 0 N–H and O–H groups in total. The molecule has 0 aliphatic carbocycles. The normalized spacial score (nSPS) is 17.0. The fourth-order valence-corrected chi connectivity index (χ4v) is 2.72. The van der Waals surface area contributed by atoms with Crippen molar-refractivity contribution in [2.75, 3.05) is 18.0 Å². The molecule has 0 spiro atoms. The fraction of sp³-hybridized carbons (Fsp3) is 0.562. The first kappa shape index (κ1) is 14.8. The molecule has 0 radical (unpaired) electrons. The lowest BCUT2D eigenvalue weighted by atomic mass is 9.96.